The Bertz CT molecular complexity index is 639. The Hall–Kier alpha value is -1.15. The second-order valence-electron chi connectivity index (χ2n) is 4.85. The number of rotatable bonds is 5. The highest BCUT2D eigenvalue weighted by atomic mass is 35.5. The molecule has 1 aliphatic carbocycles. The van der Waals surface area contributed by atoms with E-state index in [0.29, 0.717) is 12.8 Å². The third-order valence-corrected chi connectivity index (χ3v) is 5.08. The molecule has 0 amide bonds. The number of hydrogen-bond donors (Lipinski definition) is 3. The fourth-order valence-electron chi connectivity index (χ4n) is 1.91. The largest absolute Gasteiger partial charge is 0.478 e. The van der Waals surface area contributed by atoms with Crippen molar-refractivity contribution in [3.05, 3.63) is 28.8 Å². The molecule has 1 saturated carbocycles. The van der Waals surface area contributed by atoms with Crippen molar-refractivity contribution in [3.63, 3.8) is 0 Å². The molecule has 20 heavy (non-hydrogen) atoms. The van der Waals surface area contributed by atoms with Crippen LogP contribution in [-0.2, 0) is 10.0 Å². The zero-order chi connectivity index (χ0) is 15.0. The Kier molecular flexibility index (Phi) is 4.06. The monoisotopic (exact) mass is 319 g/mol. The Morgan fingerprint density at radius 1 is 1.40 bits per heavy atom. The van der Waals surface area contributed by atoms with Gasteiger partial charge in [0.25, 0.3) is 0 Å². The molecule has 1 aromatic rings. The summed E-state index contributed by atoms with van der Waals surface area (Å²) in [5.74, 6) is -1.30. The Morgan fingerprint density at radius 3 is 2.55 bits per heavy atom. The number of carbonyl (C=O) groups is 1. The zero-order valence-electron chi connectivity index (χ0n) is 10.5. The van der Waals surface area contributed by atoms with E-state index in [1.807, 2.05) is 0 Å². The third-order valence-electron chi connectivity index (χ3n) is 3.35. The lowest BCUT2D eigenvalue weighted by molar-refractivity contribution is -0.0271. The first kappa shape index (κ1) is 15.2. The first-order valence-corrected chi connectivity index (χ1v) is 7.85. The van der Waals surface area contributed by atoms with Crippen molar-refractivity contribution < 1.29 is 23.4 Å². The van der Waals surface area contributed by atoms with Crippen LogP contribution in [0.4, 0.5) is 0 Å². The summed E-state index contributed by atoms with van der Waals surface area (Å²) >= 11 is 5.69. The molecule has 0 aromatic heterocycles. The molecule has 1 aromatic carbocycles. The summed E-state index contributed by atoms with van der Waals surface area (Å²) in [7, 11) is -3.87. The van der Waals surface area contributed by atoms with E-state index in [1.165, 1.54) is 12.1 Å². The number of carboxylic acid groups (broad SMARTS) is 1. The van der Waals surface area contributed by atoms with Crippen molar-refractivity contribution in [1.29, 1.82) is 0 Å². The van der Waals surface area contributed by atoms with Gasteiger partial charge >= 0.3 is 5.97 Å². The number of benzene rings is 1. The summed E-state index contributed by atoms with van der Waals surface area (Å²) in [5.41, 5.74) is -1.27. The molecular weight excluding hydrogens is 306 g/mol. The molecule has 0 saturated heterocycles. The van der Waals surface area contributed by atoms with Crippen LogP contribution in [0.3, 0.4) is 0 Å². The van der Waals surface area contributed by atoms with E-state index < -0.39 is 21.6 Å². The Morgan fingerprint density at radius 2 is 2.05 bits per heavy atom. The number of aliphatic hydroxyl groups is 1. The first-order chi connectivity index (χ1) is 9.23. The molecule has 0 aliphatic heterocycles. The van der Waals surface area contributed by atoms with Gasteiger partial charge in [0.2, 0.25) is 10.0 Å². The predicted octanol–water partition coefficient (Wildman–Crippen LogP) is 1.23. The molecule has 0 unspecified atom stereocenters. The summed E-state index contributed by atoms with van der Waals surface area (Å²) in [5, 5.41) is 18.8. The van der Waals surface area contributed by atoms with Gasteiger partial charge in [-0.25, -0.2) is 17.9 Å². The van der Waals surface area contributed by atoms with E-state index in [2.05, 4.69) is 4.72 Å². The molecule has 8 heteroatoms. The summed E-state index contributed by atoms with van der Waals surface area (Å²) in [4.78, 5) is 10.7. The van der Waals surface area contributed by atoms with Crippen LogP contribution in [0.5, 0.6) is 0 Å². The number of hydrogen-bond acceptors (Lipinski definition) is 4. The summed E-state index contributed by atoms with van der Waals surface area (Å²) in [6, 6.07) is 3.44. The molecule has 0 spiro atoms. The lowest BCUT2D eigenvalue weighted by atomic mass is 9.81. The molecule has 1 aliphatic rings. The van der Waals surface area contributed by atoms with Gasteiger partial charge in [-0.1, -0.05) is 11.6 Å². The van der Waals surface area contributed by atoms with Gasteiger partial charge in [-0.05, 0) is 37.5 Å². The van der Waals surface area contributed by atoms with Crippen LogP contribution in [0.25, 0.3) is 0 Å². The van der Waals surface area contributed by atoms with Gasteiger partial charge < -0.3 is 10.2 Å². The summed E-state index contributed by atoms with van der Waals surface area (Å²) < 4.78 is 26.4. The maximum absolute atomic E-state index is 12.0. The number of sulfonamides is 1. The molecule has 0 radical (unpaired) electrons. The van der Waals surface area contributed by atoms with E-state index in [1.54, 1.807) is 0 Å². The van der Waals surface area contributed by atoms with Gasteiger partial charge in [-0.2, -0.15) is 0 Å². The van der Waals surface area contributed by atoms with Crippen molar-refractivity contribution in [2.24, 2.45) is 0 Å². The molecule has 2 rings (SSSR count). The minimum atomic E-state index is -3.87. The van der Waals surface area contributed by atoms with Crippen LogP contribution in [-0.4, -0.2) is 36.7 Å². The molecular formula is C12H14ClNO5S. The average molecular weight is 320 g/mol. The van der Waals surface area contributed by atoms with E-state index in [4.69, 9.17) is 16.7 Å². The highest BCUT2D eigenvalue weighted by Crippen LogP contribution is 2.31. The maximum Gasteiger partial charge on any atom is 0.337 e. The fourth-order valence-corrected chi connectivity index (χ4v) is 3.25. The van der Waals surface area contributed by atoms with Crippen molar-refractivity contribution in [3.8, 4) is 0 Å². The number of halogens is 1. The fraction of sp³-hybridized carbons (Fsp3) is 0.417. The van der Waals surface area contributed by atoms with Crippen molar-refractivity contribution in [2.75, 3.05) is 6.54 Å². The highest BCUT2D eigenvalue weighted by molar-refractivity contribution is 7.89. The molecule has 0 heterocycles. The molecule has 1 fully saturated rings. The standard InChI is InChI=1S/C12H14ClNO5S/c13-10-3-2-8(6-9(10)11(15)16)20(18,19)14-7-12(17)4-1-5-12/h2-3,6,14,17H,1,4-5,7H2,(H,15,16). The lowest BCUT2D eigenvalue weighted by Gasteiger charge is -2.36. The van der Waals surface area contributed by atoms with Crippen molar-refractivity contribution >= 4 is 27.6 Å². The first-order valence-electron chi connectivity index (χ1n) is 5.98. The van der Waals surface area contributed by atoms with E-state index in [-0.39, 0.29) is 22.0 Å². The lowest BCUT2D eigenvalue weighted by Crippen LogP contribution is -2.47. The van der Waals surface area contributed by atoms with Crippen molar-refractivity contribution in [1.82, 2.24) is 4.72 Å². The van der Waals surface area contributed by atoms with Crippen LogP contribution >= 0.6 is 11.6 Å². The van der Waals surface area contributed by atoms with Gasteiger partial charge in [-0.3, -0.25) is 0 Å². The minimum Gasteiger partial charge on any atom is -0.478 e. The summed E-state index contributed by atoms with van der Waals surface area (Å²) in [6.45, 7) is -0.0830. The minimum absolute atomic E-state index is 0.0333. The van der Waals surface area contributed by atoms with Gasteiger partial charge in [-0.15, -0.1) is 0 Å². The Labute approximate surface area is 121 Å². The summed E-state index contributed by atoms with van der Waals surface area (Å²) in [6.07, 6.45) is 1.97. The third kappa shape index (κ3) is 3.12. The molecule has 110 valence electrons. The van der Waals surface area contributed by atoms with Crippen LogP contribution in [0.15, 0.2) is 23.1 Å². The van der Waals surface area contributed by atoms with Gasteiger partial charge in [0.1, 0.15) is 0 Å². The molecule has 0 atom stereocenters. The van der Waals surface area contributed by atoms with Gasteiger partial charge in [0.05, 0.1) is 21.1 Å². The smallest absolute Gasteiger partial charge is 0.337 e. The van der Waals surface area contributed by atoms with Crippen molar-refractivity contribution in [2.45, 2.75) is 29.8 Å². The number of carboxylic acids is 1. The molecule has 0 bridgehead atoms. The SMILES string of the molecule is O=C(O)c1cc(S(=O)(=O)NCC2(O)CCC2)ccc1Cl. The highest BCUT2D eigenvalue weighted by Gasteiger charge is 2.35. The molecule has 3 N–H and O–H groups in total. The maximum atomic E-state index is 12.0. The Balaban J connectivity index is 2.21. The quantitative estimate of drug-likeness (QED) is 0.757. The van der Waals surface area contributed by atoms with E-state index >= 15 is 0 Å². The van der Waals surface area contributed by atoms with Crippen LogP contribution in [0, 0.1) is 0 Å². The van der Waals surface area contributed by atoms with E-state index in [0.717, 1.165) is 12.5 Å². The van der Waals surface area contributed by atoms with Crippen LogP contribution in [0.1, 0.15) is 29.6 Å². The predicted molar refractivity (Wildman–Crippen MR) is 72.4 cm³/mol. The van der Waals surface area contributed by atoms with E-state index in [9.17, 15) is 18.3 Å². The van der Waals surface area contributed by atoms with Crippen LogP contribution < -0.4 is 4.72 Å². The van der Waals surface area contributed by atoms with Crippen LogP contribution in [0.2, 0.25) is 5.02 Å². The molecule has 6 nitrogen and oxygen atoms in total. The average Bonchev–Trinajstić information content (AvgIpc) is 2.34. The number of nitrogens with one attached hydrogen (secondary N) is 1. The zero-order valence-corrected chi connectivity index (χ0v) is 12.0. The normalized spacial score (nSPS) is 17.5. The second kappa shape index (κ2) is 5.33. The topological polar surface area (TPSA) is 104 Å². The van der Waals surface area contributed by atoms with Gasteiger partial charge in [0, 0.05) is 6.54 Å². The second-order valence-corrected chi connectivity index (χ2v) is 7.02. The number of aromatic carboxylic acids is 1. The van der Waals surface area contributed by atoms with Gasteiger partial charge in [0.15, 0.2) is 0 Å².